The molecule has 0 atom stereocenters. The van der Waals surface area contributed by atoms with Gasteiger partial charge in [-0.3, -0.25) is 4.68 Å². The maximum Gasteiger partial charge on any atom is 0.246 e. The molecule has 1 saturated carbocycles. The molecule has 1 aliphatic carbocycles. The minimum atomic E-state index is -3.49. The molecule has 0 aromatic carbocycles. The highest BCUT2D eigenvalue weighted by Crippen LogP contribution is 2.31. The van der Waals surface area contributed by atoms with Gasteiger partial charge in [0, 0.05) is 32.3 Å². The van der Waals surface area contributed by atoms with Gasteiger partial charge in [0.15, 0.2) is 0 Å². The van der Waals surface area contributed by atoms with E-state index in [0.29, 0.717) is 0 Å². The average Bonchev–Trinajstić information content (AvgIpc) is 3.00. The van der Waals surface area contributed by atoms with E-state index in [0.717, 1.165) is 12.8 Å². The van der Waals surface area contributed by atoms with Crippen molar-refractivity contribution in [3.63, 3.8) is 0 Å². The van der Waals surface area contributed by atoms with Gasteiger partial charge in [0.2, 0.25) is 10.0 Å². The van der Waals surface area contributed by atoms with Crippen LogP contribution in [0.5, 0.6) is 0 Å². The van der Waals surface area contributed by atoms with Gasteiger partial charge in [-0.2, -0.15) is 14.7 Å². The Kier molecular flexibility index (Phi) is 3.17. The van der Waals surface area contributed by atoms with Crippen LogP contribution in [0.15, 0.2) is 17.3 Å². The van der Waals surface area contributed by atoms with Crippen molar-refractivity contribution >= 4 is 10.0 Å². The second-order valence-corrected chi connectivity index (χ2v) is 6.00. The lowest BCUT2D eigenvalue weighted by molar-refractivity contribution is 0.411. The first-order valence-corrected chi connectivity index (χ1v) is 6.87. The van der Waals surface area contributed by atoms with Crippen LogP contribution < -0.4 is 0 Å². The maximum absolute atomic E-state index is 12.3. The number of hydrogen-bond donors (Lipinski definition) is 0. The molecule has 0 N–H and O–H groups in total. The van der Waals surface area contributed by atoms with Crippen LogP contribution in [0, 0.1) is 11.3 Å². The summed E-state index contributed by atoms with van der Waals surface area (Å²) in [4.78, 5) is 0.199. The minimum absolute atomic E-state index is 0.0635. The van der Waals surface area contributed by atoms with Gasteiger partial charge in [0.1, 0.15) is 4.90 Å². The van der Waals surface area contributed by atoms with Crippen molar-refractivity contribution < 1.29 is 8.42 Å². The van der Waals surface area contributed by atoms with E-state index >= 15 is 0 Å². The standard InChI is InChI=1S/C10H14N4O2S/c1-13-8-10(7-12-13)17(15,16)14(6-2-5-11)9-3-4-9/h7-9H,2-4,6H2,1H3. The Hall–Kier alpha value is -1.39. The molecule has 7 heteroatoms. The summed E-state index contributed by atoms with van der Waals surface area (Å²) in [5.41, 5.74) is 0. The molecular formula is C10H14N4O2S. The number of aromatic nitrogens is 2. The minimum Gasteiger partial charge on any atom is -0.274 e. The highest BCUT2D eigenvalue weighted by molar-refractivity contribution is 7.89. The quantitative estimate of drug-likeness (QED) is 0.766. The zero-order chi connectivity index (χ0) is 12.5. The van der Waals surface area contributed by atoms with Crippen LogP contribution in [0.1, 0.15) is 19.3 Å². The van der Waals surface area contributed by atoms with E-state index in [2.05, 4.69) is 5.10 Å². The molecule has 1 aliphatic rings. The van der Waals surface area contributed by atoms with Gasteiger partial charge < -0.3 is 0 Å². The van der Waals surface area contributed by atoms with Crippen LogP contribution in [-0.2, 0) is 17.1 Å². The highest BCUT2D eigenvalue weighted by atomic mass is 32.2. The summed E-state index contributed by atoms with van der Waals surface area (Å²) in [6, 6.07) is 2.05. The topological polar surface area (TPSA) is 79.0 Å². The molecule has 17 heavy (non-hydrogen) atoms. The van der Waals surface area contributed by atoms with E-state index in [1.54, 1.807) is 7.05 Å². The third kappa shape index (κ3) is 2.48. The fourth-order valence-electron chi connectivity index (χ4n) is 1.69. The molecule has 1 aromatic rings. The third-order valence-electron chi connectivity index (χ3n) is 2.69. The SMILES string of the molecule is Cn1cc(S(=O)(=O)N(CCC#N)C2CC2)cn1. The Morgan fingerprint density at radius 1 is 1.65 bits per heavy atom. The molecule has 0 spiro atoms. The van der Waals surface area contributed by atoms with E-state index in [4.69, 9.17) is 5.26 Å². The summed E-state index contributed by atoms with van der Waals surface area (Å²) in [6.07, 6.45) is 4.81. The van der Waals surface area contributed by atoms with Crippen LogP contribution >= 0.6 is 0 Å². The summed E-state index contributed by atoms with van der Waals surface area (Å²) in [6.45, 7) is 0.262. The Labute approximate surface area is 101 Å². The van der Waals surface area contributed by atoms with Gasteiger partial charge in [-0.25, -0.2) is 8.42 Å². The van der Waals surface area contributed by atoms with E-state index in [9.17, 15) is 8.42 Å². The number of rotatable bonds is 5. The first-order chi connectivity index (χ1) is 8.05. The van der Waals surface area contributed by atoms with Crippen molar-refractivity contribution in [3.05, 3.63) is 12.4 Å². The van der Waals surface area contributed by atoms with E-state index in [-0.39, 0.29) is 23.9 Å². The van der Waals surface area contributed by atoms with Gasteiger partial charge in [-0.1, -0.05) is 0 Å². The number of aryl methyl sites for hydroxylation is 1. The number of sulfonamides is 1. The van der Waals surface area contributed by atoms with E-state index < -0.39 is 10.0 Å². The maximum atomic E-state index is 12.3. The fourth-order valence-corrected chi connectivity index (χ4v) is 3.36. The van der Waals surface area contributed by atoms with Crippen molar-refractivity contribution in [2.24, 2.45) is 7.05 Å². The van der Waals surface area contributed by atoms with Crippen LogP contribution in [0.25, 0.3) is 0 Å². The molecule has 0 saturated heterocycles. The van der Waals surface area contributed by atoms with E-state index in [1.807, 2.05) is 6.07 Å². The molecule has 0 amide bonds. The normalized spacial score (nSPS) is 16.1. The number of nitrogens with zero attached hydrogens (tertiary/aromatic N) is 4. The Balaban J connectivity index is 2.25. The highest BCUT2D eigenvalue weighted by Gasteiger charge is 2.38. The van der Waals surface area contributed by atoms with Gasteiger partial charge in [0.25, 0.3) is 0 Å². The average molecular weight is 254 g/mol. The Bertz CT molecular complexity index is 539. The second kappa shape index (κ2) is 4.47. The van der Waals surface area contributed by atoms with Crippen molar-refractivity contribution in [1.82, 2.24) is 14.1 Å². The molecule has 0 radical (unpaired) electrons. The summed E-state index contributed by atoms with van der Waals surface area (Å²) in [7, 11) is -1.81. The molecule has 0 unspecified atom stereocenters. The number of hydrogen-bond acceptors (Lipinski definition) is 4. The zero-order valence-corrected chi connectivity index (χ0v) is 10.4. The molecule has 1 heterocycles. The smallest absolute Gasteiger partial charge is 0.246 e. The van der Waals surface area contributed by atoms with Crippen molar-refractivity contribution in [3.8, 4) is 6.07 Å². The predicted molar refractivity (Wildman–Crippen MR) is 60.4 cm³/mol. The lowest BCUT2D eigenvalue weighted by atomic mass is 10.4. The zero-order valence-electron chi connectivity index (χ0n) is 9.57. The summed E-state index contributed by atoms with van der Waals surface area (Å²) in [5, 5.41) is 12.4. The molecule has 92 valence electrons. The Morgan fingerprint density at radius 3 is 2.82 bits per heavy atom. The fraction of sp³-hybridized carbons (Fsp3) is 0.600. The monoisotopic (exact) mass is 254 g/mol. The second-order valence-electron chi connectivity index (χ2n) is 4.10. The van der Waals surface area contributed by atoms with Crippen LogP contribution in [0.3, 0.4) is 0 Å². The lowest BCUT2D eigenvalue weighted by Crippen LogP contribution is -2.33. The molecule has 1 aromatic heterocycles. The van der Waals surface area contributed by atoms with Crippen molar-refractivity contribution in [2.45, 2.75) is 30.2 Å². The predicted octanol–water partition coefficient (Wildman–Crippen LogP) is 0.487. The molecule has 0 bridgehead atoms. The molecular weight excluding hydrogens is 240 g/mol. The van der Waals surface area contributed by atoms with Crippen LogP contribution in [0.2, 0.25) is 0 Å². The number of nitriles is 1. The molecule has 0 aliphatic heterocycles. The summed E-state index contributed by atoms with van der Waals surface area (Å²) in [5.74, 6) is 0. The first kappa shape index (κ1) is 12.1. The molecule has 1 fully saturated rings. The first-order valence-electron chi connectivity index (χ1n) is 5.43. The molecule has 6 nitrogen and oxygen atoms in total. The molecule has 2 rings (SSSR count). The largest absolute Gasteiger partial charge is 0.274 e. The van der Waals surface area contributed by atoms with Crippen molar-refractivity contribution in [1.29, 1.82) is 5.26 Å². The van der Waals surface area contributed by atoms with Gasteiger partial charge in [0.05, 0.1) is 12.3 Å². The third-order valence-corrected chi connectivity index (χ3v) is 4.59. The Morgan fingerprint density at radius 2 is 2.35 bits per heavy atom. The van der Waals surface area contributed by atoms with E-state index in [1.165, 1.54) is 21.4 Å². The van der Waals surface area contributed by atoms with Crippen LogP contribution in [0.4, 0.5) is 0 Å². The van der Waals surface area contributed by atoms with Crippen LogP contribution in [-0.4, -0.2) is 35.1 Å². The van der Waals surface area contributed by atoms with Gasteiger partial charge in [-0.05, 0) is 12.8 Å². The van der Waals surface area contributed by atoms with Gasteiger partial charge in [-0.15, -0.1) is 0 Å². The van der Waals surface area contributed by atoms with Gasteiger partial charge >= 0.3 is 0 Å². The lowest BCUT2D eigenvalue weighted by Gasteiger charge is -2.19. The summed E-state index contributed by atoms with van der Waals surface area (Å²) >= 11 is 0. The summed E-state index contributed by atoms with van der Waals surface area (Å²) < 4.78 is 27.5. The van der Waals surface area contributed by atoms with Crippen molar-refractivity contribution in [2.75, 3.05) is 6.54 Å².